The third-order valence-electron chi connectivity index (χ3n) is 3.64. The number of thiophene rings is 1. The fourth-order valence-corrected chi connectivity index (χ4v) is 4.23. The molecule has 2 aromatic rings. The number of thioether (sulfide) groups is 1. The molecule has 2 heterocycles. The van der Waals surface area contributed by atoms with Gasteiger partial charge in [0, 0.05) is 18.0 Å². The number of hydrogen-bond donors (Lipinski definition) is 1. The van der Waals surface area contributed by atoms with E-state index >= 15 is 0 Å². The zero-order chi connectivity index (χ0) is 17.9. The SMILES string of the molecule is C=CCNC(=O)C(C)Sc1nc2sc(C)c(C)c2c(=O)n1CC=C. The molecule has 0 bridgehead atoms. The first-order chi connectivity index (χ1) is 11.4. The van der Waals surface area contributed by atoms with Crippen molar-refractivity contribution in [1.82, 2.24) is 14.9 Å². The number of aromatic nitrogens is 2. The summed E-state index contributed by atoms with van der Waals surface area (Å²) < 4.78 is 1.58. The van der Waals surface area contributed by atoms with Gasteiger partial charge in [-0.1, -0.05) is 23.9 Å². The highest BCUT2D eigenvalue weighted by atomic mass is 32.2. The summed E-state index contributed by atoms with van der Waals surface area (Å²) in [6, 6.07) is 0. The molecule has 0 spiro atoms. The monoisotopic (exact) mass is 363 g/mol. The predicted molar refractivity (Wildman–Crippen MR) is 102 cm³/mol. The van der Waals surface area contributed by atoms with Gasteiger partial charge in [0.05, 0.1) is 10.6 Å². The van der Waals surface area contributed by atoms with Gasteiger partial charge in [0.2, 0.25) is 5.91 Å². The van der Waals surface area contributed by atoms with E-state index in [1.54, 1.807) is 23.6 Å². The third kappa shape index (κ3) is 3.62. The van der Waals surface area contributed by atoms with Crippen LogP contribution in [0.2, 0.25) is 0 Å². The fraction of sp³-hybridized carbons (Fsp3) is 0.353. The van der Waals surface area contributed by atoms with Crippen LogP contribution in [0, 0.1) is 13.8 Å². The van der Waals surface area contributed by atoms with E-state index in [-0.39, 0.29) is 16.7 Å². The lowest BCUT2D eigenvalue weighted by Crippen LogP contribution is -2.32. The zero-order valence-corrected chi connectivity index (χ0v) is 15.7. The number of hydrogen-bond acceptors (Lipinski definition) is 5. The minimum Gasteiger partial charge on any atom is -0.352 e. The van der Waals surface area contributed by atoms with Crippen LogP contribution in [0.5, 0.6) is 0 Å². The molecule has 7 heteroatoms. The van der Waals surface area contributed by atoms with Crippen molar-refractivity contribution in [3.05, 3.63) is 46.1 Å². The molecule has 2 aromatic heterocycles. The molecule has 128 valence electrons. The lowest BCUT2D eigenvalue weighted by atomic mass is 10.2. The number of rotatable bonds is 7. The van der Waals surface area contributed by atoms with Crippen LogP contribution >= 0.6 is 23.1 Å². The summed E-state index contributed by atoms with van der Waals surface area (Å²) >= 11 is 2.78. The summed E-state index contributed by atoms with van der Waals surface area (Å²) in [4.78, 5) is 31.4. The van der Waals surface area contributed by atoms with Crippen molar-refractivity contribution >= 4 is 39.2 Å². The van der Waals surface area contributed by atoms with Gasteiger partial charge in [-0.15, -0.1) is 24.5 Å². The molecular formula is C17H21N3O2S2. The van der Waals surface area contributed by atoms with Crippen LogP contribution in [0.1, 0.15) is 17.4 Å². The van der Waals surface area contributed by atoms with Gasteiger partial charge >= 0.3 is 0 Å². The molecule has 0 radical (unpaired) electrons. The minimum atomic E-state index is -0.368. The Balaban J connectivity index is 2.47. The van der Waals surface area contributed by atoms with E-state index in [0.717, 1.165) is 15.3 Å². The number of carbonyl (C=O) groups is 1. The average Bonchev–Trinajstić information content (AvgIpc) is 2.83. The minimum absolute atomic E-state index is 0.0806. The van der Waals surface area contributed by atoms with Crippen LogP contribution in [0.25, 0.3) is 10.2 Å². The molecule has 2 rings (SSSR count). The van der Waals surface area contributed by atoms with E-state index in [9.17, 15) is 9.59 Å². The Bertz CT molecular complexity index is 852. The molecule has 0 saturated heterocycles. The molecule has 1 N–H and O–H groups in total. The highest BCUT2D eigenvalue weighted by molar-refractivity contribution is 8.00. The van der Waals surface area contributed by atoms with E-state index in [1.807, 2.05) is 13.8 Å². The molecule has 1 atom stereocenters. The first kappa shape index (κ1) is 18.5. The largest absolute Gasteiger partial charge is 0.352 e. The van der Waals surface area contributed by atoms with E-state index < -0.39 is 0 Å². The molecule has 0 aliphatic heterocycles. The Morgan fingerprint density at radius 3 is 2.75 bits per heavy atom. The Morgan fingerprint density at radius 1 is 1.42 bits per heavy atom. The topological polar surface area (TPSA) is 64.0 Å². The van der Waals surface area contributed by atoms with Crippen LogP contribution < -0.4 is 10.9 Å². The number of aryl methyl sites for hydroxylation is 2. The molecule has 0 saturated carbocycles. The molecule has 0 fully saturated rings. The maximum atomic E-state index is 12.9. The summed E-state index contributed by atoms with van der Waals surface area (Å²) in [5.41, 5.74) is 0.890. The summed E-state index contributed by atoms with van der Waals surface area (Å²) in [6.45, 7) is 13.8. The molecule has 5 nitrogen and oxygen atoms in total. The summed E-state index contributed by atoms with van der Waals surface area (Å²) in [6.07, 6.45) is 3.29. The molecule has 0 aromatic carbocycles. The first-order valence-corrected chi connectivity index (χ1v) is 9.27. The number of nitrogens with zero attached hydrogens (tertiary/aromatic N) is 2. The Hall–Kier alpha value is -1.86. The van der Waals surface area contributed by atoms with Gasteiger partial charge in [0.25, 0.3) is 5.56 Å². The van der Waals surface area contributed by atoms with Crippen molar-refractivity contribution in [2.24, 2.45) is 0 Å². The molecular weight excluding hydrogens is 342 g/mol. The van der Waals surface area contributed by atoms with Crippen molar-refractivity contribution in [3.8, 4) is 0 Å². The number of nitrogens with one attached hydrogen (secondary N) is 1. The standard InChI is InChI=1S/C17H21N3O2S2/c1-6-8-18-14(21)12(5)24-17-19-15-13(10(3)11(4)23-15)16(22)20(17)9-7-2/h6-7,12H,1-2,8-9H2,3-5H3,(H,18,21). The van der Waals surface area contributed by atoms with Crippen LogP contribution in [-0.4, -0.2) is 27.3 Å². The van der Waals surface area contributed by atoms with E-state index in [2.05, 4.69) is 23.5 Å². The second kappa shape index (κ2) is 7.81. The normalized spacial score (nSPS) is 12.1. The zero-order valence-electron chi connectivity index (χ0n) is 14.1. The maximum absolute atomic E-state index is 12.9. The Kier molecular flexibility index (Phi) is 6.01. The van der Waals surface area contributed by atoms with Crippen molar-refractivity contribution < 1.29 is 4.79 Å². The maximum Gasteiger partial charge on any atom is 0.263 e. The van der Waals surface area contributed by atoms with Gasteiger partial charge in [-0.2, -0.15) is 0 Å². The lowest BCUT2D eigenvalue weighted by molar-refractivity contribution is -0.120. The predicted octanol–water partition coefficient (Wildman–Crippen LogP) is 3.04. The summed E-state index contributed by atoms with van der Waals surface area (Å²) in [5, 5.41) is 3.59. The first-order valence-electron chi connectivity index (χ1n) is 7.57. The molecule has 24 heavy (non-hydrogen) atoms. The van der Waals surface area contributed by atoms with Crippen molar-refractivity contribution in [3.63, 3.8) is 0 Å². The molecule has 0 aliphatic rings. The number of allylic oxidation sites excluding steroid dienone is 1. The molecule has 1 amide bonds. The van der Waals surface area contributed by atoms with E-state index in [0.29, 0.717) is 23.6 Å². The quantitative estimate of drug-likeness (QED) is 0.466. The van der Waals surface area contributed by atoms with Gasteiger partial charge in [-0.25, -0.2) is 4.98 Å². The fourth-order valence-electron chi connectivity index (χ4n) is 2.22. The number of fused-ring (bicyclic) bond motifs is 1. The van der Waals surface area contributed by atoms with Gasteiger partial charge in [0.15, 0.2) is 5.16 Å². The highest BCUT2D eigenvalue weighted by Crippen LogP contribution is 2.29. The number of amides is 1. The van der Waals surface area contributed by atoms with Gasteiger partial charge in [0.1, 0.15) is 4.83 Å². The smallest absolute Gasteiger partial charge is 0.263 e. The van der Waals surface area contributed by atoms with Gasteiger partial charge < -0.3 is 5.32 Å². The second-order valence-corrected chi connectivity index (χ2v) is 7.87. The molecule has 1 unspecified atom stereocenters. The van der Waals surface area contributed by atoms with E-state index in [1.165, 1.54) is 23.1 Å². The Morgan fingerprint density at radius 2 is 2.12 bits per heavy atom. The van der Waals surface area contributed by atoms with Gasteiger partial charge in [-0.05, 0) is 26.3 Å². The molecule has 0 aliphatic carbocycles. The third-order valence-corrected chi connectivity index (χ3v) is 5.83. The second-order valence-electron chi connectivity index (χ2n) is 5.36. The lowest BCUT2D eigenvalue weighted by Gasteiger charge is -2.14. The summed E-state index contributed by atoms with van der Waals surface area (Å²) in [5.74, 6) is -0.113. The highest BCUT2D eigenvalue weighted by Gasteiger charge is 2.20. The number of carbonyl (C=O) groups excluding carboxylic acids is 1. The van der Waals surface area contributed by atoms with Crippen molar-refractivity contribution in [2.75, 3.05) is 6.54 Å². The van der Waals surface area contributed by atoms with Gasteiger partial charge in [-0.3, -0.25) is 14.2 Å². The van der Waals surface area contributed by atoms with Crippen molar-refractivity contribution in [1.29, 1.82) is 0 Å². The Labute approximate surface area is 149 Å². The van der Waals surface area contributed by atoms with Crippen LogP contribution in [0.4, 0.5) is 0 Å². The average molecular weight is 364 g/mol. The van der Waals surface area contributed by atoms with Crippen LogP contribution in [-0.2, 0) is 11.3 Å². The van der Waals surface area contributed by atoms with E-state index in [4.69, 9.17) is 0 Å². The van der Waals surface area contributed by atoms with Crippen LogP contribution in [0.3, 0.4) is 0 Å². The van der Waals surface area contributed by atoms with Crippen LogP contribution in [0.15, 0.2) is 35.3 Å². The van der Waals surface area contributed by atoms with Crippen molar-refractivity contribution in [2.45, 2.75) is 37.7 Å². The summed E-state index contributed by atoms with van der Waals surface area (Å²) in [7, 11) is 0.